The molecule has 3 aliphatic rings. The normalized spacial score (nSPS) is 32.6. The standard InChI is InChI=1S/C23H24N2O4/c1-13-21(26)25-20-16-10-9-15(28-3)11-18(16)29-12-17(20)19(14-7-5-4-6-8-14)23(25,2)22(27)24-13/h4-11,13,17,19-20H,12H2,1-3H3,(H,24,27)/t13-,17+,19-,20-,23+/m0/s1. The Morgan fingerprint density at radius 2 is 1.93 bits per heavy atom. The molecule has 5 atom stereocenters. The van der Waals surface area contributed by atoms with Gasteiger partial charge < -0.3 is 19.7 Å². The molecule has 150 valence electrons. The van der Waals surface area contributed by atoms with Crippen molar-refractivity contribution in [2.24, 2.45) is 5.92 Å². The second kappa shape index (κ2) is 6.24. The SMILES string of the molecule is COc1ccc2c(c1)OC[C@H]1[C@H]2N2C(=O)[C@H](C)NC(=O)[C@@]2(C)[C@H]1c1ccccc1. The van der Waals surface area contributed by atoms with E-state index >= 15 is 0 Å². The summed E-state index contributed by atoms with van der Waals surface area (Å²) in [5.74, 6) is 1.07. The number of amides is 2. The second-order valence-corrected chi connectivity index (χ2v) is 8.26. The number of nitrogens with zero attached hydrogens (tertiary/aromatic N) is 1. The molecule has 6 heteroatoms. The zero-order valence-corrected chi connectivity index (χ0v) is 16.7. The minimum Gasteiger partial charge on any atom is -0.497 e. The van der Waals surface area contributed by atoms with E-state index in [-0.39, 0.29) is 29.7 Å². The predicted molar refractivity (Wildman–Crippen MR) is 107 cm³/mol. The molecule has 0 aliphatic carbocycles. The van der Waals surface area contributed by atoms with Crippen molar-refractivity contribution in [1.29, 1.82) is 0 Å². The molecule has 5 rings (SSSR count). The molecule has 0 spiro atoms. The van der Waals surface area contributed by atoms with Crippen LogP contribution in [0.3, 0.4) is 0 Å². The van der Waals surface area contributed by atoms with Gasteiger partial charge in [0.25, 0.3) is 0 Å². The molecule has 0 saturated carbocycles. The highest BCUT2D eigenvalue weighted by molar-refractivity contribution is 6.01. The minimum absolute atomic E-state index is 0.0247. The van der Waals surface area contributed by atoms with E-state index in [1.807, 2.05) is 60.4 Å². The van der Waals surface area contributed by atoms with Crippen LogP contribution in [0.5, 0.6) is 11.5 Å². The van der Waals surface area contributed by atoms with E-state index < -0.39 is 11.6 Å². The third kappa shape index (κ3) is 2.35. The van der Waals surface area contributed by atoms with Crippen LogP contribution in [0.15, 0.2) is 48.5 Å². The highest BCUT2D eigenvalue weighted by Gasteiger charge is 2.66. The Morgan fingerprint density at radius 1 is 1.17 bits per heavy atom. The van der Waals surface area contributed by atoms with Gasteiger partial charge in [-0.05, 0) is 31.5 Å². The number of hydrogen-bond donors (Lipinski definition) is 1. The fraction of sp³-hybridized carbons (Fsp3) is 0.391. The molecule has 3 aliphatic heterocycles. The average Bonchev–Trinajstić information content (AvgIpc) is 3.02. The van der Waals surface area contributed by atoms with Gasteiger partial charge in [-0.15, -0.1) is 0 Å². The first-order chi connectivity index (χ1) is 14.0. The third-order valence-electron chi connectivity index (χ3n) is 6.76. The summed E-state index contributed by atoms with van der Waals surface area (Å²) in [6.45, 7) is 4.08. The maximum Gasteiger partial charge on any atom is 0.247 e. The number of hydrogen-bond acceptors (Lipinski definition) is 4. The van der Waals surface area contributed by atoms with Crippen molar-refractivity contribution < 1.29 is 19.1 Å². The van der Waals surface area contributed by atoms with E-state index in [9.17, 15) is 9.59 Å². The largest absolute Gasteiger partial charge is 0.497 e. The summed E-state index contributed by atoms with van der Waals surface area (Å²) in [4.78, 5) is 28.5. The zero-order chi connectivity index (χ0) is 20.3. The van der Waals surface area contributed by atoms with Gasteiger partial charge in [0.05, 0.1) is 19.8 Å². The molecule has 6 nitrogen and oxygen atoms in total. The van der Waals surface area contributed by atoms with Crippen LogP contribution in [0.1, 0.15) is 36.9 Å². The number of carbonyl (C=O) groups excluding carboxylic acids is 2. The van der Waals surface area contributed by atoms with Gasteiger partial charge in [0.15, 0.2) is 0 Å². The second-order valence-electron chi connectivity index (χ2n) is 8.26. The van der Waals surface area contributed by atoms with Crippen LogP contribution in [0, 0.1) is 5.92 Å². The summed E-state index contributed by atoms with van der Waals surface area (Å²) >= 11 is 0. The summed E-state index contributed by atoms with van der Waals surface area (Å²) in [7, 11) is 1.62. The molecule has 2 aromatic rings. The fourth-order valence-electron chi connectivity index (χ4n) is 5.45. The van der Waals surface area contributed by atoms with Crippen molar-refractivity contribution in [3.05, 3.63) is 59.7 Å². The number of nitrogens with one attached hydrogen (secondary N) is 1. The van der Waals surface area contributed by atoms with Crippen molar-refractivity contribution >= 4 is 11.8 Å². The monoisotopic (exact) mass is 392 g/mol. The van der Waals surface area contributed by atoms with Crippen molar-refractivity contribution in [2.45, 2.75) is 37.4 Å². The van der Waals surface area contributed by atoms with Crippen LogP contribution in [0.4, 0.5) is 0 Å². The van der Waals surface area contributed by atoms with Crippen LogP contribution in [0.25, 0.3) is 0 Å². The summed E-state index contributed by atoms with van der Waals surface area (Å²) in [5.41, 5.74) is 0.998. The molecule has 3 heterocycles. The van der Waals surface area contributed by atoms with Gasteiger partial charge >= 0.3 is 0 Å². The van der Waals surface area contributed by atoms with E-state index in [0.717, 1.165) is 11.1 Å². The molecule has 0 aromatic heterocycles. The Morgan fingerprint density at radius 3 is 2.66 bits per heavy atom. The van der Waals surface area contributed by atoms with Crippen molar-refractivity contribution in [3.63, 3.8) is 0 Å². The van der Waals surface area contributed by atoms with Crippen LogP contribution in [0.2, 0.25) is 0 Å². The Balaban J connectivity index is 1.72. The topological polar surface area (TPSA) is 67.9 Å². The number of benzene rings is 2. The van der Waals surface area contributed by atoms with E-state index in [0.29, 0.717) is 18.1 Å². The van der Waals surface area contributed by atoms with E-state index in [1.54, 1.807) is 14.0 Å². The number of carbonyl (C=O) groups is 2. The maximum atomic E-state index is 13.4. The average molecular weight is 392 g/mol. The van der Waals surface area contributed by atoms with Crippen LogP contribution in [-0.2, 0) is 9.59 Å². The van der Waals surface area contributed by atoms with Gasteiger partial charge in [0.2, 0.25) is 11.8 Å². The summed E-state index contributed by atoms with van der Waals surface area (Å²) in [6.07, 6.45) is 0. The Labute approximate surface area is 169 Å². The molecule has 2 aromatic carbocycles. The number of piperazine rings is 1. The maximum absolute atomic E-state index is 13.4. The lowest BCUT2D eigenvalue weighted by atomic mass is 9.73. The van der Waals surface area contributed by atoms with Gasteiger partial charge in [-0.1, -0.05) is 30.3 Å². The van der Waals surface area contributed by atoms with E-state index in [4.69, 9.17) is 9.47 Å². The molecular weight excluding hydrogens is 368 g/mol. The summed E-state index contributed by atoms with van der Waals surface area (Å²) in [6, 6.07) is 14.9. The van der Waals surface area contributed by atoms with Gasteiger partial charge in [-0.3, -0.25) is 9.59 Å². The van der Waals surface area contributed by atoms with Gasteiger partial charge in [0, 0.05) is 23.5 Å². The van der Waals surface area contributed by atoms with Gasteiger partial charge in [0.1, 0.15) is 23.1 Å². The number of ether oxygens (including phenoxy) is 2. The molecule has 2 amide bonds. The van der Waals surface area contributed by atoms with Crippen LogP contribution in [-0.4, -0.2) is 42.0 Å². The zero-order valence-electron chi connectivity index (χ0n) is 16.7. The smallest absolute Gasteiger partial charge is 0.247 e. The molecule has 0 radical (unpaired) electrons. The third-order valence-corrected chi connectivity index (χ3v) is 6.76. The quantitative estimate of drug-likeness (QED) is 0.853. The lowest BCUT2D eigenvalue weighted by Crippen LogP contribution is -2.68. The van der Waals surface area contributed by atoms with Crippen molar-refractivity contribution in [1.82, 2.24) is 10.2 Å². The highest BCUT2D eigenvalue weighted by atomic mass is 16.5. The number of methoxy groups -OCH3 is 1. The lowest BCUT2D eigenvalue weighted by molar-refractivity contribution is -0.156. The van der Waals surface area contributed by atoms with E-state index in [1.165, 1.54) is 0 Å². The number of fused-ring (bicyclic) bond motifs is 5. The lowest BCUT2D eigenvalue weighted by Gasteiger charge is -2.45. The van der Waals surface area contributed by atoms with Crippen molar-refractivity contribution in [2.75, 3.05) is 13.7 Å². The Hall–Kier alpha value is -3.02. The van der Waals surface area contributed by atoms with Crippen molar-refractivity contribution in [3.8, 4) is 11.5 Å². The first-order valence-electron chi connectivity index (χ1n) is 9.96. The molecular formula is C23H24N2O4. The Bertz CT molecular complexity index is 992. The van der Waals surface area contributed by atoms with Gasteiger partial charge in [-0.25, -0.2) is 0 Å². The van der Waals surface area contributed by atoms with Crippen LogP contribution >= 0.6 is 0 Å². The summed E-state index contributed by atoms with van der Waals surface area (Å²) in [5, 5.41) is 2.90. The predicted octanol–water partition coefficient (Wildman–Crippen LogP) is 2.65. The molecule has 0 unspecified atom stereocenters. The first-order valence-corrected chi connectivity index (χ1v) is 9.96. The molecule has 2 saturated heterocycles. The fourth-order valence-corrected chi connectivity index (χ4v) is 5.45. The molecule has 29 heavy (non-hydrogen) atoms. The van der Waals surface area contributed by atoms with E-state index in [2.05, 4.69) is 5.32 Å². The Kier molecular flexibility index (Phi) is 3.88. The molecule has 0 bridgehead atoms. The molecule has 2 fully saturated rings. The summed E-state index contributed by atoms with van der Waals surface area (Å²) < 4.78 is 11.5. The van der Waals surface area contributed by atoms with Crippen LogP contribution < -0.4 is 14.8 Å². The highest BCUT2D eigenvalue weighted by Crippen LogP contribution is 2.59. The number of rotatable bonds is 2. The minimum atomic E-state index is -0.981. The van der Waals surface area contributed by atoms with Gasteiger partial charge in [-0.2, -0.15) is 0 Å². The molecule has 1 N–H and O–H groups in total. The first kappa shape index (κ1) is 18.0.